The van der Waals surface area contributed by atoms with Gasteiger partial charge in [-0.1, -0.05) is 23.7 Å². The largest absolute Gasteiger partial charge is 0.476 e. The van der Waals surface area contributed by atoms with E-state index in [1.54, 1.807) is 11.0 Å². The summed E-state index contributed by atoms with van der Waals surface area (Å²) in [6.45, 7) is 2.51. The fourth-order valence-corrected chi connectivity index (χ4v) is 4.84. The van der Waals surface area contributed by atoms with E-state index in [1.807, 2.05) is 0 Å². The number of alkyl halides is 3. The summed E-state index contributed by atoms with van der Waals surface area (Å²) in [7, 11) is 0. The van der Waals surface area contributed by atoms with Crippen LogP contribution in [0.3, 0.4) is 0 Å². The summed E-state index contributed by atoms with van der Waals surface area (Å²) in [4.78, 5) is 25.3. The number of carbonyl (C=O) groups is 2. The molecule has 1 N–H and O–H groups in total. The molecule has 1 aromatic carbocycles. The molecule has 1 aliphatic carbocycles. The molecule has 0 radical (unpaired) electrons. The smallest absolute Gasteiger partial charge is 0.416 e. The molecule has 2 heterocycles. The van der Waals surface area contributed by atoms with Gasteiger partial charge in [-0.25, -0.2) is 9.59 Å². The van der Waals surface area contributed by atoms with Crippen molar-refractivity contribution in [3.8, 4) is 0 Å². The van der Waals surface area contributed by atoms with Crippen molar-refractivity contribution < 1.29 is 32.6 Å². The molecular formula is C21H21ClF3N3O4. The highest BCUT2D eigenvalue weighted by Crippen LogP contribution is 2.40. The Morgan fingerprint density at radius 1 is 1.25 bits per heavy atom. The van der Waals surface area contributed by atoms with Gasteiger partial charge in [0.25, 0.3) is 0 Å². The number of benzene rings is 1. The van der Waals surface area contributed by atoms with Crippen LogP contribution in [0, 0.1) is 18.8 Å². The van der Waals surface area contributed by atoms with Crippen LogP contribution >= 0.6 is 11.6 Å². The van der Waals surface area contributed by atoms with Crippen molar-refractivity contribution in [2.45, 2.75) is 38.7 Å². The molecular weight excluding hydrogens is 451 g/mol. The van der Waals surface area contributed by atoms with Crippen molar-refractivity contribution >= 4 is 23.6 Å². The molecule has 1 aliphatic heterocycles. The number of rotatable bonds is 4. The van der Waals surface area contributed by atoms with E-state index in [-0.39, 0.29) is 40.8 Å². The third-order valence-corrected chi connectivity index (χ3v) is 6.55. The molecule has 1 amide bonds. The van der Waals surface area contributed by atoms with Crippen LogP contribution in [0.15, 0.2) is 24.4 Å². The molecule has 1 aromatic heterocycles. The SMILES string of the molecule is Cc1c(COC2C[C@@H]3CN(C(=O)n4cc(Cl)c(C(=O)O)n4)C[C@@H]3C2)cccc1C(F)(F)F. The molecule has 32 heavy (non-hydrogen) atoms. The van der Waals surface area contributed by atoms with Crippen molar-refractivity contribution in [2.75, 3.05) is 13.1 Å². The molecule has 3 atom stereocenters. The molecule has 7 nitrogen and oxygen atoms in total. The lowest BCUT2D eigenvalue weighted by molar-refractivity contribution is -0.138. The van der Waals surface area contributed by atoms with Gasteiger partial charge in [0.1, 0.15) is 0 Å². The van der Waals surface area contributed by atoms with Crippen LogP contribution in [-0.4, -0.2) is 51.0 Å². The normalized spacial score (nSPS) is 22.9. The zero-order chi connectivity index (χ0) is 23.2. The fraction of sp³-hybridized carbons (Fsp3) is 0.476. The van der Waals surface area contributed by atoms with Gasteiger partial charge in [-0.15, -0.1) is 0 Å². The second-order valence-electron chi connectivity index (χ2n) is 8.27. The highest BCUT2D eigenvalue weighted by molar-refractivity contribution is 6.33. The standard InChI is InChI=1S/C21H21ClF3N3O4/c1-11-12(3-2-4-16(11)21(23,24)25)10-32-15-5-13-7-27(8-14(13)6-15)20(31)28-9-17(22)18(26-28)19(29)30/h2-4,9,13-15H,5-8,10H2,1H3,(H,29,30)/t13-,14+,15?. The Labute approximate surface area is 186 Å². The Morgan fingerprint density at radius 3 is 2.47 bits per heavy atom. The predicted octanol–water partition coefficient (Wildman–Crippen LogP) is 4.46. The van der Waals surface area contributed by atoms with Crippen molar-refractivity contribution in [3.63, 3.8) is 0 Å². The number of likely N-dealkylation sites (tertiary alicyclic amines) is 1. The first-order valence-electron chi connectivity index (χ1n) is 10.1. The lowest BCUT2D eigenvalue weighted by Gasteiger charge is -2.20. The van der Waals surface area contributed by atoms with Gasteiger partial charge < -0.3 is 14.7 Å². The van der Waals surface area contributed by atoms with Crippen molar-refractivity contribution in [3.05, 3.63) is 51.8 Å². The number of aromatic carboxylic acids is 1. The fourth-order valence-electron chi connectivity index (χ4n) is 4.63. The minimum atomic E-state index is -4.40. The van der Waals surface area contributed by atoms with Gasteiger partial charge in [-0.3, -0.25) is 0 Å². The van der Waals surface area contributed by atoms with E-state index in [1.165, 1.54) is 19.2 Å². The summed E-state index contributed by atoms with van der Waals surface area (Å²) in [5, 5.41) is 12.7. The zero-order valence-corrected chi connectivity index (χ0v) is 17.9. The van der Waals surface area contributed by atoms with Gasteiger partial charge in [-0.05, 0) is 48.8 Å². The quantitative estimate of drug-likeness (QED) is 0.711. The number of aromatic nitrogens is 2. The molecule has 1 saturated heterocycles. The van der Waals surface area contributed by atoms with E-state index in [9.17, 15) is 22.8 Å². The number of nitrogens with zero attached hydrogens (tertiary/aromatic N) is 3. The Hall–Kier alpha value is -2.59. The maximum absolute atomic E-state index is 13.1. The lowest BCUT2D eigenvalue weighted by atomic mass is 10.0. The van der Waals surface area contributed by atoms with Gasteiger partial charge >= 0.3 is 18.2 Å². The van der Waals surface area contributed by atoms with Crippen LogP contribution in [0.2, 0.25) is 5.02 Å². The molecule has 172 valence electrons. The van der Waals surface area contributed by atoms with E-state index in [0.29, 0.717) is 31.5 Å². The number of ether oxygens (including phenoxy) is 1. The van der Waals surface area contributed by atoms with Crippen molar-refractivity contribution in [2.24, 2.45) is 11.8 Å². The minimum absolute atomic E-state index is 0.0889. The zero-order valence-electron chi connectivity index (χ0n) is 17.1. The predicted molar refractivity (Wildman–Crippen MR) is 108 cm³/mol. The number of hydrogen-bond donors (Lipinski definition) is 1. The molecule has 2 fully saturated rings. The van der Waals surface area contributed by atoms with Gasteiger partial charge in [0.15, 0.2) is 5.69 Å². The Morgan fingerprint density at radius 2 is 1.91 bits per heavy atom. The van der Waals surface area contributed by atoms with Gasteiger partial charge in [0, 0.05) is 13.1 Å². The second-order valence-corrected chi connectivity index (χ2v) is 8.68. The third kappa shape index (κ3) is 4.33. The Bertz CT molecular complexity index is 1040. The van der Waals surface area contributed by atoms with Crippen LogP contribution < -0.4 is 0 Å². The first-order chi connectivity index (χ1) is 15.0. The molecule has 1 unspecified atom stereocenters. The first kappa shape index (κ1) is 22.6. The molecule has 11 heteroatoms. The summed E-state index contributed by atoms with van der Waals surface area (Å²) in [5.41, 5.74) is -0.342. The number of amides is 1. The highest BCUT2D eigenvalue weighted by Gasteiger charge is 2.43. The first-order valence-corrected chi connectivity index (χ1v) is 10.5. The summed E-state index contributed by atoms with van der Waals surface area (Å²) < 4.78 is 46.2. The monoisotopic (exact) mass is 471 g/mol. The van der Waals surface area contributed by atoms with Gasteiger partial charge in [0.2, 0.25) is 0 Å². The lowest BCUT2D eigenvalue weighted by Crippen LogP contribution is -2.34. The molecule has 0 spiro atoms. The number of carboxylic acid groups (broad SMARTS) is 1. The Kier molecular flexibility index (Phi) is 5.93. The molecule has 4 rings (SSSR count). The average molecular weight is 472 g/mol. The number of fused-ring (bicyclic) bond motifs is 1. The summed E-state index contributed by atoms with van der Waals surface area (Å²) >= 11 is 5.82. The average Bonchev–Trinajstić information content (AvgIpc) is 3.38. The number of hydrogen-bond acceptors (Lipinski definition) is 4. The van der Waals surface area contributed by atoms with E-state index < -0.39 is 23.7 Å². The number of halogens is 4. The third-order valence-electron chi connectivity index (χ3n) is 6.27. The molecule has 0 bridgehead atoms. The van der Waals surface area contributed by atoms with Crippen molar-refractivity contribution in [1.82, 2.24) is 14.7 Å². The van der Waals surface area contributed by atoms with Crippen LogP contribution in [-0.2, 0) is 17.5 Å². The molecule has 2 aromatic rings. The summed E-state index contributed by atoms with van der Waals surface area (Å²) in [5.74, 6) is -0.899. The van der Waals surface area contributed by atoms with Crippen LogP contribution in [0.25, 0.3) is 0 Å². The highest BCUT2D eigenvalue weighted by atomic mass is 35.5. The summed E-state index contributed by atoms with van der Waals surface area (Å²) in [6.07, 6.45) is -1.90. The van der Waals surface area contributed by atoms with Crippen molar-refractivity contribution in [1.29, 1.82) is 0 Å². The maximum atomic E-state index is 13.1. The topological polar surface area (TPSA) is 84.7 Å². The van der Waals surface area contributed by atoms with E-state index in [0.717, 1.165) is 10.7 Å². The Balaban J connectivity index is 1.33. The summed E-state index contributed by atoms with van der Waals surface area (Å²) in [6, 6.07) is 3.65. The van der Waals surface area contributed by atoms with E-state index in [4.69, 9.17) is 21.4 Å². The van der Waals surface area contributed by atoms with E-state index in [2.05, 4.69) is 5.10 Å². The maximum Gasteiger partial charge on any atom is 0.416 e. The van der Waals surface area contributed by atoms with Crippen LogP contribution in [0.1, 0.15) is 40.0 Å². The number of carboxylic acids is 1. The van der Waals surface area contributed by atoms with Crippen LogP contribution in [0.5, 0.6) is 0 Å². The van der Waals surface area contributed by atoms with Gasteiger partial charge in [-0.2, -0.15) is 23.0 Å². The molecule has 2 aliphatic rings. The van der Waals surface area contributed by atoms with Crippen LogP contribution in [0.4, 0.5) is 18.0 Å². The van der Waals surface area contributed by atoms with E-state index >= 15 is 0 Å². The van der Waals surface area contributed by atoms with Gasteiger partial charge in [0.05, 0.1) is 29.5 Å². The molecule has 1 saturated carbocycles. The minimum Gasteiger partial charge on any atom is -0.476 e. The second kappa shape index (κ2) is 8.40. The number of carbonyl (C=O) groups excluding carboxylic acids is 1.